The van der Waals surface area contributed by atoms with E-state index in [4.69, 9.17) is 0 Å². The Hall–Kier alpha value is -1.75. The highest BCUT2D eigenvalue weighted by Crippen LogP contribution is 2.20. The van der Waals surface area contributed by atoms with E-state index < -0.39 is 0 Å². The van der Waals surface area contributed by atoms with E-state index in [1.165, 1.54) is 0 Å². The summed E-state index contributed by atoms with van der Waals surface area (Å²) in [6.45, 7) is 3.53. The molecule has 17 heavy (non-hydrogen) atoms. The third-order valence-corrected chi connectivity index (χ3v) is 3.19. The zero-order chi connectivity index (χ0) is 11.7. The van der Waals surface area contributed by atoms with Gasteiger partial charge in [0.15, 0.2) is 0 Å². The predicted octanol–water partition coefficient (Wildman–Crippen LogP) is 0.600. The number of urea groups is 1. The zero-order valence-corrected chi connectivity index (χ0v) is 9.57. The molecule has 2 aliphatic heterocycles. The van der Waals surface area contributed by atoms with Gasteiger partial charge in [-0.2, -0.15) is 0 Å². The minimum absolute atomic E-state index is 0.00565. The fourth-order valence-electron chi connectivity index (χ4n) is 2.08. The van der Waals surface area contributed by atoms with Gasteiger partial charge in [-0.3, -0.25) is 4.90 Å². The molecule has 0 unspecified atom stereocenters. The highest BCUT2D eigenvalue weighted by atomic mass is 16.2. The topological polar surface area (TPSA) is 56.4 Å². The highest BCUT2D eigenvalue weighted by molar-refractivity contribution is 5.94. The fraction of sp³-hybridized carbons (Fsp3) is 0.417. The first kappa shape index (κ1) is 10.4. The van der Waals surface area contributed by atoms with Crippen LogP contribution in [0.15, 0.2) is 24.3 Å². The first-order chi connectivity index (χ1) is 8.33. The van der Waals surface area contributed by atoms with Crippen molar-refractivity contribution in [2.45, 2.75) is 6.04 Å². The molecular formula is C12H16N4O. The van der Waals surface area contributed by atoms with Gasteiger partial charge in [0.2, 0.25) is 0 Å². The van der Waals surface area contributed by atoms with Crippen LogP contribution in [0.5, 0.6) is 0 Å². The number of anilines is 2. The number of hydrogen-bond donors (Lipinski definition) is 3. The molecule has 0 aliphatic carbocycles. The van der Waals surface area contributed by atoms with E-state index in [0.717, 1.165) is 37.6 Å². The fourth-order valence-corrected chi connectivity index (χ4v) is 2.08. The van der Waals surface area contributed by atoms with Crippen LogP contribution in [-0.4, -0.2) is 38.3 Å². The lowest BCUT2D eigenvalue weighted by atomic mass is 10.1. The van der Waals surface area contributed by atoms with Gasteiger partial charge < -0.3 is 16.0 Å². The van der Waals surface area contributed by atoms with E-state index in [0.29, 0.717) is 6.04 Å². The highest BCUT2D eigenvalue weighted by Gasteiger charge is 2.21. The molecule has 90 valence electrons. The second kappa shape index (κ2) is 4.25. The van der Waals surface area contributed by atoms with Gasteiger partial charge in [0.1, 0.15) is 0 Å². The number of hydrogen-bond acceptors (Lipinski definition) is 3. The van der Waals surface area contributed by atoms with Gasteiger partial charge in [0.25, 0.3) is 0 Å². The minimum Gasteiger partial charge on any atom is -0.380 e. The van der Waals surface area contributed by atoms with E-state index in [-0.39, 0.29) is 6.03 Å². The lowest BCUT2D eigenvalue weighted by Gasteiger charge is -2.29. The van der Waals surface area contributed by atoms with E-state index >= 15 is 0 Å². The van der Waals surface area contributed by atoms with Crippen molar-refractivity contribution in [3.63, 3.8) is 0 Å². The number of carbonyl (C=O) groups excluding carboxylic acids is 1. The van der Waals surface area contributed by atoms with Crippen LogP contribution < -0.4 is 20.9 Å². The molecule has 0 aromatic heterocycles. The van der Waals surface area contributed by atoms with E-state index in [9.17, 15) is 4.79 Å². The van der Waals surface area contributed by atoms with Gasteiger partial charge in [-0.25, -0.2) is 4.79 Å². The summed E-state index contributed by atoms with van der Waals surface area (Å²) in [5, 5.41) is 9.44. The average molecular weight is 232 g/mol. The van der Waals surface area contributed by atoms with Crippen molar-refractivity contribution in [2.24, 2.45) is 0 Å². The largest absolute Gasteiger partial charge is 0.380 e. The van der Waals surface area contributed by atoms with Crippen molar-refractivity contribution in [3.8, 4) is 0 Å². The predicted molar refractivity (Wildman–Crippen MR) is 67.5 cm³/mol. The summed E-state index contributed by atoms with van der Waals surface area (Å²) < 4.78 is 0. The van der Waals surface area contributed by atoms with Crippen molar-refractivity contribution in [1.29, 1.82) is 0 Å². The molecule has 5 heteroatoms. The summed E-state index contributed by atoms with van der Waals surface area (Å²) in [6, 6.07) is 8.56. The Morgan fingerprint density at radius 1 is 1.24 bits per heavy atom. The van der Waals surface area contributed by atoms with Gasteiger partial charge in [-0.15, -0.1) is 0 Å². The molecule has 3 N–H and O–H groups in total. The molecule has 2 heterocycles. The van der Waals surface area contributed by atoms with Crippen LogP contribution in [0, 0.1) is 0 Å². The van der Waals surface area contributed by atoms with Gasteiger partial charge >= 0.3 is 6.03 Å². The Bertz CT molecular complexity index is 413. The molecule has 0 radical (unpaired) electrons. The molecule has 2 amide bonds. The second-order valence-corrected chi connectivity index (χ2v) is 4.43. The smallest absolute Gasteiger partial charge is 0.321 e. The molecule has 2 saturated heterocycles. The Labute approximate surface area is 100 Å². The van der Waals surface area contributed by atoms with E-state index in [1.807, 2.05) is 24.3 Å². The Kier molecular flexibility index (Phi) is 2.60. The van der Waals surface area contributed by atoms with Crippen LogP contribution in [0.25, 0.3) is 0 Å². The van der Waals surface area contributed by atoms with Crippen molar-refractivity contribution in [2.75, 3.05) is 36.4 Å². The Morgan fingerprint density at radius 2 is 2.00 bits per heavy atom. The number of amides is 2. The second-order valence-electron chi connectivity index (χ2n) is 4.43. The third-order valence-electron chi connectivity index (χ3n) is 3.19. The maximum Gasteiger partial charge on any atom is 0.321 e. The van der Waals surface area contributed by atoms with Crippen LogP contribution >= 0.6 is 0 Å². The SMILES string of the molecule is O=C1NCCN1c1ccc(NC2CNC2)cc1. The average Bonchev–Trinajstić information content (AvgIpc) is 2.71. The molecule has 3 rings (SSSR count). The molecular weight excluding hydrogens is 216 g/mol. The number of nitrogens with one attached hydrogen (secondary N) is 3. The number of nitrogens with zero attached hydrogens (tertiary/aromatic N) is 1. The van der Waals surface area contributed by atoms with Crippen LogP contribution in [0.3, 0.4) is 0 Å². The normalized spacial score (nSPS) is 20.0. The van der Waals surface area contributed by atoms with Gasteiger partial charge in [0.05, 0.1) is 6.04 Å². The maximum absolute atomic E-state index is 11.5. The van der Waals surface area contributed by atoms with Crippen LogP contribution in [0.1, 0.15) is 0 Å². The van der Waals surface area contributed by atoms with Crippen molar-refractivity contribution < 1.29 is 4.79 Å². The summed E-state index contributed by atoms with van der Waals surface area (Å²) in [5.74, 6) is 0. The number of benzene rings is 1. The number of carbonyl (C=O) groups is 1. The van der Waals surface area contributed by atoms with Crippen LogP contribution in [-0.2, 0) is 0 Å². The molecule has 0 spiro atoms. The Morgan fingerprint density at radius 3 is 2.53 bits per heavy atom. The van der Waals surface area contributed by atoms with E-state index in [1.54, 1.807) is 4.90 Å². The van der Waals surface area contributed by atoms with E-state index in [2.05, 4.69) is 16.0 Å². The zero-order valence-electron chi connectivity index (χ0n) is 9.57. The summed E-state index contributed by atoms with van der Waals surface area (Å²) in [6.07, 6.45) is 0. The standard InChI is InChI=1S/C12H16N4O/c17-12-14-5-6-16(12)11-3-1-9(2-4-11)15-10-7-13-8-10/h1-4,10,13,15H,5-8H2,(H,14,17). The monoisotopic (exact) mass is 232 g/mol. The van der Waals surface area contributed by atoms with Gasteiger partial charge in [0, 0.05) is 37.6 Å². The maximum atomic E-state index is 11.5. The molecule has 0 bridgehead atoms. The molecule has 0 atom stereocenters. The lowest BCUT2D eigenvalue weighted by molar-refractivity contribution is 0.252. The van der Waals surface area contributed by atoms with Gasteiger partial charge in [-0.05, 0) is 24.3 Å². The summed E-state index contributed by atoms with van der Waals surface area (Å²) in [7, 11) is 0. The quantitative estimate of drug-likeness (QED) is 0.715. The minimum atomic E-state index is -0.00565. The summed E-state index contributed by atoms with van der Waals surface area (Å²) >= 11 is 0. The molecule has 1 aromatic rings. The van der Waals surface area contributed by atoms with Crippen molar-refractivity contribution >= 4 is 17.4 Å². The molecule has 1 aromatic carbocycles. The van der Waals surface area contributed by atoms with Crippen molar-refractivity contribution in [1.82, 2.24) is 10.6 Å². The lowest BCUT2D eigenvalue weighted by Crippen LogP contribution is -2.51. The summed E-state index contributed by atoms with van der Waals surface area (Å²) in [5.41, 5.74) is 2.07. The van der Waals surface area contributed by atoms with Crippen LogP contribution in [0.2, 0.25) is 0 Å². The molecule has 0 saturated carbocycles. The first-order valence-corrected chi connectivity index (χ1v) is 5.95. The molecule has 2 fully saturated rings. The van der Waals surface area contributed by atoms with Crippen molar-refractivity contribution in [3.05, 3.63) is 24.3 Å². The van der Waals surface area contributed by atoms with Gasteiger partial charge in [-0.1, -0.05) is 0 Å². The first-order valence-electron chi connectivity index (χ1n) is 5.95. The molecule has 2 aliphatic rings. The third kappa shape index (κ3) is 2.06. The summed E-state index contributed by atoms with van der Waals surface area (Å²) in [4.78, 5) is 13.2. The Balaban J connectivity index is 1.68. The number of rotatable bonds is 3. The molecule has 5 nitrogen and oxygen atoms in total. The van der Waals surface area contributed by atoms with Crippen LogP contribution in [0.4, 0.5) is 16.2 Å².